The number of hydrogen-bond acceptors (Lipinski definition) is 5. The van der Waals surface area contributed by atoms with Crippen LogP contribution in [0.15, 0.2) is 53.8 Å². The smallest absolute Gasteiger partial charge is 0.355 e. The third kappa shape index (κ3) is 2.71. The number of allylic oxidation sites excluding steroid dienone is 1. The van der Waals surface area contributed by atoms with E-state index >= 15 is 0 Å². The Balaban J connectivity index is 1.75. The average Bonchev–Trinajstić information content (AvgIpc) is 3.26. The van der Waals surface area contributed by atoms with Crippen LogP contribution in [0.4, 0.5) is 5.69 Å². The number of rotatable bonds is 4. The summed E-state index contributed by atoms with van der Waals surface area (Å²) in [5, 5.41) is 20.4. The molecule has 3 N–H and O–H groups in total. The summed E-state index contributed by atoms with van der Waals surface area (Å²) >= 11 is 11.8. The van der Waals surface area contributed by atoms with E-state index in [1.807, 2.05) is 0 Å². The van der Waals surface area contributed by atoms with E-state index < -0.39 is 11.9 Å². The van der Waals surface area contributed by atoms with Crippen molar-refractivity contribution in [2.24, 2.45) is 0 Å². The molecule has 23 heavy (non-hydrogen) atoms. The number of hydrogen-bond donors (Lipinski definition) is 3. The van der Waals surface area contributed by atoms with Crippen molar-refractivity contribution in [3.8, 4) is 0 Å². The quantitative estimate of drug-likeness (QED) is 0.764. The maximum Gasteiger partial charge on any atom is 0.355 e. The molecule has 0 unspecified atom stereocenters. The van der Waals surface area contributed by atoms with Crippen LogP contribution < -0.4 is 10.4 Å². The Morgan fingerprint density at radius 1 is 1.04 bits per heavy atom. The number of nitrogens with one attached hydrogen (secondary N) is 1. The first-order valence-corrected chi connectivity index (χ1v) is 7.05. The van der Waals surface area contributed by atoms with E-state index in [9.17, 15) is 9.59 Å². The minimum Gasteiger partial charge on any atom is -0.476 e. The van der Waals surface area contributed by atoms with E-state index in [-0.39, 0.29) is 11.4 Å². The number of carboxylic acid groups (broad SMARTS) is 2. The number of halogens is 2. The van der Waals surface area contributed by atoms with Crippen LogP contribution in [0.25, 0.3) is 0 Å². The zero-order valence-electron chi connectivity index (χ0n) is 11.3. The molecule has 2 aliphatic rings. The molecule has 0 spiro atoms. The molecule has 2 heterocycles. The number of benzene rings is 1. The predicted molar refractivity (Wildman–Crippen MR) is 83.4 cm³/mol. The van der Waals surface area contributed by atoms with Gasteiger partial charge in [0.05, 0.1) is 21.4 Å². The zero-order chi connectivity index (χ0) is 16.7. The summed E-state index contributed by atoms with van der Waals surface area (Å²) in [5.41, 5.74) is 3.51. The van der Waals surface area contributed by atoms with Gasteiger partial charge in [-0.1, -0.05) is 23.2 Å². The van der Waals surface area contributed by atoms with E-state index in [1.165, 1.54) is 6.20 Å². The first-order valence-electron chi connectivity index (χ1n) is 6.30. The van der Waals surface area contributed by atoms with Crippen molar-refractivity contribution in [1.29, 1.82) is 0 Å². The molecule has 7 nitrogen and oxygen atoms in total. The molecule has 0 bridgehead atoms. The van der Waals surface area contributed by atoms with Crippen LogP contribution in [0, 0.1) is 0 Å². The Hall–Kier alpha value is -2.64. The van der Waals surface area contributed by atoms with Crippen LogP contribution in [-0.2, 0) is 9.59 Å². The molecule has 118 valence electrons. The van der Waals surface area contributed by atoms with Crippen LogP contribution in [0.1, 0.15) is 0 Å². The van der Waals surface area contributed by atoms with Crippen molar-refractivity contribution in [1.82, 2.24) is 10.3 Å². The first-order chi connectivity index (χ1) is 10.9. The van der Waals surface area contributed by atoms with Crippen LogP contribution >= 0.6 is 23.2 Å². The normalized spacial score (nSPS) is 16.2. The minimum atomic E-state index is -1.29. The van der Waals surface area contributed by atoms with Gasteiger partial charge < -0.3 is 10.2 Å². The van der Waals surface area contributed by atoms with Crippen LogP contribution in [0.3, 0.4) is 0 Å². The predicted octanol–water partition coefficient (Wildman–Crippen LogP) is 2.37. The van der Waals surface area contributed by atoms with Gasteiger partial charge in [0.15, 0.2) is 11.4 Å². The molecule has 0 saturated carbocycles. The lowest BCUT2D eigenvalue weighted by Crippen LogP contribution is -2.32. The highest BCUT2D eigenvalue weighted by Gasteiger charge is 2.45. The Bertz CT molecular complexity index is 792. The fourth-order valence-electron chi connectivity index (χ4n) is 2.13. The Morgan fingerprint density at radius 2 is 1.70 bits per heavy atom. The number of carbonyl (C=O) groups is 2. The number of carboxylic acids is 2. The SMILES string of the molecule is O=C(O)C1=C(C(=O)O)N1C1=CNN(c2ccc(Cl)c(Cl)c2)C=C1. The standard InChI is InChI=1S/C14H9Cl2N3O4/c15-9-2-1-7(5-10(9)16)18-4-3-8(6-17-18)19-11(13(20)21)12(19)14(22)23/h1-6,17H,(H,20,21)(H,22,23). The lowest BCUT2D eigenvalue weighted by atomic mass is 10.3. The van der Waals surface area contributed by atoms with Gasteiger partial charge in [-0.25, -0.2) is 9.59 Å². The van der Waals surface area contributed by atoms with Crippen molar-refractivity contribution >= 4 is 40.8 Å². The highest BCUT2D eigenvalue weighted by molar-refractivity contribution is 6.42. The summed E-state index contributed by atoms with van der Waals surface area (Å²) in [4.78, 5) is 23.2. The average molecular weight is 354 g/mol. The molecule has 1 aromatic rings. The topological polar surface area (TPSA) is 92.9 Å². The van der Waals surface area contributed by atoms with Gasteiger partial charge in [-0.05, 0) is 24.3 Å². The van der Waals surface area contributed by atoms with E-state index in [2.05, 4.69) is 5.43 Å². The molecule has 0 atom stereocenters. The second kappa shape index (κ2) is 5.53. The van der Waals surface area contributed by atoms with Gasteiger partial charge in [-0.15, -0.1) is 0 Å². The van der Waals surface area contributed by atoms with Crippen LogP contribution in [-0.4, -0.2) is 27.1 Å². The van der Waals surface area contributed by atoms with Crippen molar-refractivity contribution in [3.63, 3.8) is 0 Å². The second-order valence-electron chi connectivity index (χ2n) is 4.63. The van der Waals surface area contributed by atoms with Gasteiger partial charge in [0.2, 0.25) is 0 Å². The fraction of sp³-hybridized carbons (Fsp3) is 0. The monoisotopic (exact) mass is 353 g/mol. The van der Waals surface area contributed by atoms with E-state index in [1.54, 1.807) is 35.5 Å². The highest BCUT2D eigenvalue weighted by atomic mass is 35.5. The summed E-state index contributed by atoms with van der Waals surface area (Å²) in [6, 6.07) is 5.04. The molecular weight excluding hydrogens is 345 g/mol. The largest absolute Gasteiger partial charge is 0.476 e. The Labute approximate surface area is 140 Å². The third-order valence-electron chi connectivity index (χ3n) is 3.21. The van der Waals surface area contributed by atoms with E-state index in [0.29, 0.717) is 21.4 Å². The molecule has 1 aromatic carbocycles. The van der Waals surface area contributed by atoms with Crippen molar-refractivity contribution < 1.29 is 19.8 Å². The van der Waals surface area contributed by atoms with Crippen molar-refractivity contribution in [2.75, 3.05) is 5.01 Å². The maximum absolute atomic E-state index is 11.0. The van der Waals surface area contributed by atoms with Gasteiger partial charge >= 0.3 is 11.9 Å². The van der Waals surface area contributed by atoms with Gasteiger partial charge in [-0.2, -0.15) is 0 Å². The van der Waals surface area contributed by atoms with Crippen molar-refractivity contribution in [3.05, 3.63) is 63.8 Å². The molecular formula is C14H9Cl2N3O4. The van der Waals surface area contributed by atoms with E-state index in [4.69, 9.17) is 33.4 Å². The second-order valence-corrected chi connectivity index (χ2v) is 5.44. The van der Waals surface area contributed by atoms with E-state index in [0.717, 1.165) is 4.90 Å². The maximum atomic E-state index is 11.0. The molecule has 0 fully saturated rings. The van der Waals surface area contributed by atoms with Crippen molar-refractivity contribution in [2.45, 2.75) is 0 Å². The molecule has 0 aromatic heterocycles. The Kier molecular flexibility index (Phi) is 3.67. The summed E-state index contributed by atoms with van der Waals surface area (Å²) < 4.78 is 0. The molecule has 0 saturated heterocycles. The molecule has 2 aliphatic heterocycles. The molecule has 0 radical (unpaired) electrons. The van der Waals surface area contributed by atoms with Gasteiger partial charge in [0, 0.05) is 12.4 Å². The highest BCUT2D eigenvalue weighted by Crippen LogP contribution is 2.38. The molecule has 0 aliphatic carbocycles. The fourth-order valence-corrected chi connectivity index (χ4v) is 2.42. The number of hydrazine groups is 1. The van der Waals surface area contributed by atoms with Gasteiger partial charge in [0.1, 0.15) is 0 Å². The van der Waals surface area contributed by atoms with Gasteiger partial charge in [-0.3, -0.25) is 15.3 Å². The van der Waals surface area contributed by atoms with Crippen LogP contribution in [0.5, 0.6) is 0 Å². The lowest BCUT2D eigenvalue weighted by molar-refractivity contribution is -0.134. The molecule has 9 heteroatoms. The Morgan fingerprint density at radius 3 is 2.17 bits per heavy atom. The van der Waals surface area contributed by atoms with Gasteiger partial charge in [0.25, 0.3) is 0 Å². The first kappa shape index (κ1) is 15.3. The van der Waals surface area contributed by atoms with Crippen LogP contribution in [0.2, 0.25) is 10.0 Å². The number of nitrogens with zero attached hydrogens (tertiary/aromatic N) is 2. The minimum absolute atomic E-state index is 0.252. The number of anilines is 1. The summed E-state index contributed by atoms with van der Waals surface area (Å²) in [7, 11) is 0. The zero-order valence-corrected chi connectivity index (χ0v) is 12.8. The molecule has 3 rings (SSSR count). The molecule has 0 amide bonds. The summed E-state index contributed by atoms with van der Waals surface area (Å²) in [6.07, 6.45) is 4.69. The summed E-state index contributed by atoms with van der Waals surface area (Å²) in [6.45, 7) is 0. The summed E-state index contributed by atoms with van der Waals surface area (Å²) in [5.74, 6) is -2.58. The third-order valence-corrected chi connectivity index (χ3v) is 3.95. The lowest BCUT2D eigenvalue weighted by Gasteiger charge is -2.25. The number of aliphatic carboxylic acids is 2.